The van der Waals surface area contributed by atoms with E-state index < -0.39 is 12.1 Å². The Balaban J connectivity index is 1.78. The predicted molar refractivity (Wildman–Crippen MR) is 79.6 cm³/mol. The summed E-state index contributed by atoms with van der Waals surface area (Å²) in [5, 5.41) is 4.37. The number of rotatable bonds is 2. The Morgan fingerprint density at radius 2 is 1.70 bits per heavy atom. The van der Waals surface area contributed by atoms with Gasteiger partial charge in [0.2, 0.25) is 0 Å². The molecule has 3 heterocycles. The van der Waals surface area contributed by atoms with Crippen molar-refractivity contribution in [3.8, 4) is 5.82 Å². The highest BCUT2D eigenvalue weighted by Crippen LogP contribution is 2.35. The van der Waals surface area contributed by atoms with Crippen molar-refractivity contribution in [3.05, 3.63) is 29.8 Å². The molecule has 5 nitrogen and oxygen atoms in total. The summed E-state index contributed by atoms with van der Waals surface area (Å²) >= 11 is 0. The van der Waals surface area contributed by atoms with E-state index in [1.54, 1.807) is 10.7 Å². The molecule has 1 fully saturated rings. The smallest absolute Gasteiger partial charge is 0.356 e. The number of aromatic nitrogens is 4. The topological polar surface area (TPSA) is 46.8 Å². The Morgan fingerprint density at radius 3 is 2.26 bits per heavy atom. The Hall–Kier alpha value is -2.12. The lowest BCUT2D eigenvalue weighted by Gasteiger charge is -2.33. The van der Waals surface area contributed by atoms with E-state index in [9.17, 15) is 13.2 Å². The number of nitrogens with zero attached hydrogens (tertiary/aromatic N) is 5. The largest absolute Gasteiger partial charge is 0.391 e. The standard InChI is InChI=1S/C15H18F3N5/c1-10-7-11(2)23(21-10)14-8-13(19-9-20-14)22-5-3-12(4-6-22)15(16,17)18/h7-9,12H,3-6H2,1-2H3. The summed E-state index contributed by atoms with van der Waals surface area (Å²) in [6.45, 7) is 4.51. The van der Waals surface area contributed by atoms with Crippen LogP contribution in [0.4, 0.5) is 19.0 Å². The van der Waals surface area contributed by atoms with Crippen LogP contribution in [-0.4, -0.2) is 39.0 Å². The van der Waals surface area contributed by atoms with Gasteiger partial charge in [0.15, 0.2) is 5.82 Å². The second-order valence-corrected chi connectivity index (χ2v) is 5.88. The van der Waals surface area contributed by atoms with Crippen LogP contribution < -0.4 is 4.90 Å². The molecule has 0 unspecified atom stereocenters. The number of alkyl halides is 3. The lowest BCUT2D eigenvalue weighted by atomic mass is 9.96. The van der Waals surface area contributed by atoms with E-state index in [1.165, 1.54) is 6.33 Å². The third-order valence-electron chi connectivity index (χ3n) is 4.15. The number of halogens is 3. The highest BCUT2D eigenvalue weighted by atomic mass is 19.4. The molecule has 8 heteroatoms. The van der Waals surface area contributed by atoms with Crippen molar-refractivity contribution < 1.29 is 13.2 Å². The average Bonchev–Trinajstić information content (AvgIpc) is 2.85. The fourth-order valence-corrected chi connectivity index (χ4v) is 2.92. The quantitative estimate of drug-likeness (QED) is 0.851. The molecule has 0 bridgehead atoms. The SMILES string of the molecule is Cc1cc(C)n(-c2cc(N3CCC(C(F)(F)F)CC3)ncn2)n1. The summed E-state index contributed by atoms with van der Waals surface area (Å²) in [6, 6.07) is 3.71. The molecule has 0 amide bonds. The van der Waals surface area contributed by atoms with E-state index in [0.29, 0.717) is 24.7 Å². The molecule has 0 spiro atoms. The maximum atomic E-state index is 12.7. The summed E-state index contributed by atoms with van der Waals surface area (Å²) < 4.78 is 40.0. The first kappa shape index (κ1) is 15.8. The molecule has 0 aromatic carbocycles. The molecule has 0 atom stereocenters. The Morgan fingerprint density at radius 1 is 1.04 bits per heavy atom. The molecule has 23 heavy (non-hydrogen) atoms. The number of piperidine rings is 1. The molecule has 1 saturated heterocycles. The molecule has 0 aliphatic carbocycles. The lowest BCUT2D eigenvalue weighted by molar-refractivity contribution is -0.179. The Labute approximate surface area is 132 Å². The molecule has 2 aromatic rings. The Bertz CT molecular complexity index is 687. The molecule has 124 valence electrons. The van der Waals surface area contributed by atoms with E-state index in [4.69, 9.17) is 0 Å². The van der Waals surface area contributed by atoms with Gasteiger partial charge in [-0.05, 0) is 32.8 Å². The van der Waals surface area contributed by atoms with Crippen LogP contribution in [0, 0.1) is 19.8 Å². The number of aryl methyl sites for hydroxylation is 2. The maximum Gasteiger partial charge on any atom is 0.391 e. The zero-order valence-corrected chi connectivity index (χ0v) is 13.0. The van der Waals surface area contributed by atoms with E-state index in [-0.39, 0.29) is 12.8 Å². The van der Waals surface area contributed by atoms with Crippen molar-refractivity contribution in [3.63, 3.8) is 0 Å². The highest BCUT2D eigenvalue weighted by molar-refractivity contribution is 5.44. The van der Waals surface area contributed by atoms with Crippen LogP contribution >= 0.6 is 0 Å². The van der Waals surface area contributed by atoms with Gasteiger partial charge in [-0.15, -0.1) is 0 Å². The summed E-state index contributed by atoms with van der Waals surface area (Å²) in [4.78, 5) is 10.3. The van der Waals surface area contributed by atoms with Gasteiger partial charge < -0.3 is 4.90 Å². The van der Waals surface area contributed by atoms with Crippen molar-refractivity contribution >= 4 is 5.82 Å². The van der Waals surface area contributed by atoms with E-state index in [0.717, 1.165) is 11.4 Å². The molecule has 2 aromatic heterocycles. The fraction of sp³-hybridized carbons (Fsp3) is 0.533. The lowest BCUT2D eigenvalue weighted by Crippen LogP contribution is -2.39. The van der Waals surface area contributed by atoms with Crippen LogP contribution in [0.5, 0.6) is 0 Å². The van der Waals surface area contributed by atoms with Crippen LogP contribution in [0.3, 0.4) is 0 Å². The summed E-state index contributed by atoms with van der Waals surface area (Å²) in [7, 11) is 0. The molecule has 3 rings (SSSR count). The highest BCUT2D eigenvalue weighted by Gasteiger charge is 2.41. The molecule has 1 aliphatic heterocycles. The van der Waals surface area contributed by atoms with Gasteiger partial charge in [0.05, 0.1) is 11.6 Å². The maximum absolute atomic E-state index is 12.7. The zero-order valence-electron chi connectivity index (χ0n) is 13.0. The first-order valence-corrected chi connectivity index (χ1v) is 7.52. The van der Waals surface area contributed by atoms with Gasteiger partial charge in [0.1, 0.15) is 12.1 Å². The second-order valence-electron chi connectivity index (χ2n) is 5.88. The minimum Gasteiger partial charge on any atom is -0.356 e. The summed E-state index contributed by atoms with van der Waals surface area (Å²) in [5.74, 6) is 0.0535. The third kappa shape index (κ3) is 3.30. The van der Waals surface area contributed by atoms with Crippen LogP contribution in [0.15, 0.2) is 18.5 Å². The van der Waals surface area contributed by atoms with E-state index in [1.807, 2.05) is 24.8 Å². The van der Waals surface area contributed by atoms with Crippen molar-refractivity contribution in [1.29, 1.82) is 0 Å². The van der Waals surface area contributed by atoms with Crippen molar-refractivity contribution in [2.45, 2.75) is 32.9 Å². The second kappa shape index (κ2) is 5.82. The van der Waals surface area contributed by atoms with Crippen molar-refractivity contribution in [2.24, 2.45) is 5.92 Å². The van der Waals surface area contributed by atoms with Gasteiger partial charge in [-0.3, -0.25) is 0 Å². The molecule has 0 radical (unpaired) electrons. The number of hydrogen-bond acceptors (Lipinski definition) is 4. The fourth-order valence-electron chi connectivity index (χ4n) is 2.92. The molecule has 0 saturated carbocycles. The molecular weight excluding hydrogens is 307 g/mol. The number of anilines is 1. The zero-order chi connectivity index (χ0) is 16.6. The van der Waals surface area contributed by atoms with Gasteiger partial charge in [-0.1, -0.05) is 0 Å². The molecular formula is C15H18F3N5. The molecule has 1 aliphatic rings. The average molecular weight is 325 g/mol. The van der Waals surface area contributed by atoms with Gasteiger partial charge >= 0.3 is 6.18 Å². The first-order valence-electron chi connectivity index (χ1n) is 7.52. The van der Waals surface area contributed by atoms with Gasteiger partial charge in [-0.25, -0.2) is 14.6 Å². The van der Waals surface area contributed by atoms with Gasteiger partial charge in [0.25, 0.3) is 0 Å². The van der Waals surface area contributed by atoms with Gasteiger partial charge in [0, 0.05) is 24.8 Å². The third-order valence-corrected chi connectivity index (χ3v) is 4.15. The van der Waals surface area contributed by atoms with Crippen LogP contribution in [0.2, 0.25) is 0 Å². The van der Waals surface area contributed by atoms with Crippen LogP contribution in [-0.2, 0) is 0 Å². The van der Waals surface area contributed by atoms with Crippen molar-refractivity contribution in [1.82, 2.24) is 19.7 Å². The van der Waals surface area contributed by atoms with E-state index in [2.05, 4.69) is 15.1 Å². The molecule has 0 N–H and O–H groups in total. The first-order chi connectivity index (χ1) is 10.8. The van der Waals surface area contributed by atoms with Crippen LogP contribution in [0.1, 0.15) is 24.2 Å². The minimum atomic E-state index is -4.10. The number of hydrogen-bond donors (Lipinski definition) is 0. The monoisotopic (exact) mass is 325 g/mol. The minimum absolute atomic E-state index is 0.0999. The van der Waals surface area contributed by atoms with Crippen molar-refractivity contribution in [2.75, 3.05) is 18.0 Å². The van der Waals surface area contributed by atoms with Crippen LogP contribution in [0.25, 0.3) is 5.82 Å². The summed E-state index contributed by atoms with van der Waals surface area (Å²) in [5.41, 5.74) is 1.83. The normalized spacial score (nSPS) is 16.8. The predicted octanol–water partition coefficient (Wildman–Crippen LogP) is 3.06. The van der Waals surface area contributed by atoms with Gasteiger partial charge in [-0.2, -0.15) is 18.3 Å². The summed E-state index contributed by atoms with van der Waals surface area (Å²) in [6.07, 6.45) is -2.48. The van der Waals surface area contributed by atoms with E-state index >= 15 is 0 Å². The Kier molecular flexibility index (Phi) is 3.99.